The van der Waals surface area contributed by atoms with Crippen LogP contribution in [0.4, 0.5) is 0 Å². The van der Waals surface area contributed by atoms with Gasteiger partial charge in [0.2, 0.25) is 0 Å². The Morgan fingerprint density at radius 2 is 2.00 bits per heavy atom. The van der Waals surface area contributed by atoms with E-state index in [-0.39, 0.29) is 11.9 Å². The second-order valence-electron chi connectivity index (χ2n) is 6.56. The van der Waals surface area contributed by atoms with E-state index in [2.05, 4.69) is 52.3 Å². The van der Waals surface area contributed by atoms with Crippen LogP contribution in [0.15, 0.2) is 53.3 Å². The molecule has 0 radical (unpaired) electrons. The summed E-state index contributed by atoms with van der Waals surface area (Å²) < 4.78 is 12.9. The lowest BCUT2D eigenvalue weighted by molar-refractivity contribution is 0.0164. The van der Waals surface area contributed by atoms with E-state index in [0.717, 1.165) is 13.1 Å². The first-order valence-electron chi connectivity index (χ1n) is 8.91. The largest absolute Gasteiger partial charge is 0.459 e. The molecule has 1 aromatic carbocycles. The summed E-state index contributed by atoms with van der Waals surface area (Å²) in [6.45, 7) is 3.66. The average molecular weight is 353 g/mol. The Balaban J connectivity index is 1.63. The summed E-state index contributed by atoms with van der Waals surface area (Å²) in [5.74, 6) is 0.150. The van der Waals surface area contributed by atoms with Gasteiger partial charge in [0.1, 0.15) is 0 Å². The van der Waals surface area contributed by atoms with Crippen molar-refractivity contribution in [2.75, 3.05) is 32.8 Å². The van der Waals surface area contributed by atoms with Crippen molar-refractivity contribution in [1.29, 1.82) is 0 Å². The lowest BCUT2D eigenvalue weighted by Crippen LogP contribution is -2.43. The van der Waals surface area contributed by atoms with Crippen LogP contribution in [0.25, 0.3) is 10.9 Å². The number of rotatable bonds is 5. The smallest absolute Gasteiger partial charge is 0.287 e. The highest BCUT2D eigenvalue weighted by atomic mass is 16.5. The fourth-order valence-electron chi connectivity index (χ4n) is 3.65. The number of hydrogen-bond acceptors (Lipinski definition) is 4. The number of ether oxygens (including phenoxy) is 1. The van der Waals surface area contributed by atoms with Crippen molar-refractivity contribution in [2.45, 2.75) is 6.04 Å². The molecule has 0 aliphatic carbocycles. The van der Waals surface area contributed by atoms with Crippen LogP contribution in [0, 0.1) is 0 Å². The normalized spacial score (nSPS) is 16.7. The van der Waals surface area contributed by atoms with Gasteiger partial charge in [-0.1, -0.05) is 18.2 Å². The Bertz CT molecular complexity index is 879. The third kappa shape index (κ3) is 3.25. The van der Waals surface area contributed by atoms with E-state index < -0.39 is 0 Å². The predicted molar refractivity (Wildman–Crippen MR) is 99.1 cm³/mol. The zero-order valence-corrected chi connectivity index (χ0v) is 14.9. The first kappa shape index (κ1) is 16.9. The molecular formula is C20H23N3O3. The molecule has 6 nitrogen and oxygen atoms in total. The third-order valence-electron chi connectivity index (χ3n) is 4.97. The fourth-order valence-corrected chi connectivity index (χ4v) is 3.65. The Morgan fingerprint density at radius 3 is 2.77 bits per heavy atom. The van der Waals surface area contributed by atoms with Crippen LogP contribution in [-0.4, -0.2) is 48.2 Å². The topological polar surface area (TPSA) is 59.6 Å². The van der Waals surface area contributed by atoms with Crippen molar-refractivity contribution in [1.82, 2.24) is 14.8 Å². The minimum absolute atomic E-state index is 0.0870. The van der Waals surface area contributed by atoms with Gasteiger partial charge in [0, 0.05) is 43.8 Å². The molecule has 1 fully saturated rings. The summed E-state index contributed by atoms with van der Waals surface area (Å²) in [6, 6.07) is 11.9. The van der Waals surface area contributed by atoms with Crippen LogP contribution >= 0.6 is 0 Å². The lowest BCUT2D eigenvalue weighted by Gasteiger charge is -2.34. The van der Waals surface area contributed by atoms with Gasteiger partial charge in [0.05, 0.1) is 25.5 Å². The van der Waals surface area contributed by atoms with Gasteiger partial charge in [-0.3, -0.25) is 9.69 Å². The molecule has 1 N–H and O–H groups in total. The standard InChI is InChI=1S/C20H23N3O3/c1-22-14-16(15-5-2-3-6-17(15)22)18(23-8-11-25-12-9-23)13-21-20(24)19-7-4-10-26-19/h2-7,10,14,18H,8-9,11-13H2,1H3,(H,21,24). The molecule has 0 bridgehead atoms. The van der Waals surface area contributed by atoms with E-state index in [1.807, 2.05) is 0 Å². The van der Waals surface area contributed by atoms with Gasteiger partial charge >= 0.3 is 0 Å². The van der Waals surface area contributed by atoms with E-state index in [1.165, 1.54) is 22.7 Å². The molecule has 136 valence electrons. The number of nitrogens with one attached hydrogen (secondary N) is 1. The second kappa shape index (κ2) is 7.35. The number of hydrogen-bond donors (Lipinski definition) is 1. The molecule has 2 aromatic heterocycles. The number of furan rings is 1. The molecule has 1 saturated heterocycles. The Morgan fingerprint density at radius 1 is 1.19 bits per heavy atom. The minimum Gasteiger partial charge on any atom is -0.459 e. The number of carbonyl (C=O) groups excluding carboxylic acids is 1. The van der Waals surface area contributed by atoms with Gasteiger partial charge in [-0.2, -0.15) is 0 Å². The number of amides is 1. The molecule has 1 aliphatic heterocycles. The summed E-state index contributed by atoms with van der Waals surface area (Å²) in [5, 5.41) is 4.25. The Labute approximate surface area is 152 Å². The zero-order chi connectivity index (χ0) is 17.9. The number of carbonyl (C=O) groups is 1. The molecule has 1 unspecified atom stereocenters. The van der Waals surface area contributed by atoms with Gasteiger partial charge in [-0.25, -0.2) is 0 Å². The van der Waals surface area contributed by atoms with Crippen LogP contribution in [0.2, 0.25) is 0 Å². The van der Waals surface area contributed by atoms with Crippen LogP contribution < -0.4 is 5.32 Å². The highest BCUT2D eigenvalue weighted by molar-refractivity contribution is 5.91. The molecule has 6 heteroatoms. The van der Waals surface area contributed by atoms with Gasteiger partial charge in [-0.15, -0.1) is 0 Å². The van der Waals surface area contributed by atoms with Crippen LogP contribution in [-0.2, 0) is 11.8 Å². The summed E-state index contributed by atoms with van der Waals surface area (Å²) in [5.41, 5.74) is 2.42. The molecule has 0 saturated carbocycles. The number of para-hydroxylation sites is 1. The minimum atomic E-state index is -0.187. The summed E-state index contributed by atoms with van der Waals surface area (Å²) >= 11 is 0. The fraction of sp³-hybridized carbons (Fsp3) is 0.350. The third-order valence-corrected chi connectivity index (χ3v) is 4.97. The quantitative estimate of drug-likeness (QED) is 0.766. The Hall–Kier alpha value is -2.57. The maximum atomic E-state index is 12.3. The molecular weight excluding hydrogens is 330 g/mol. The maximum absolute atomic E-state index is 12.3. The van der Waals surface area contributed by atoms with Crippen LogP contribution in [0.1, 0.15) is 22.2 Å². The Kier molecular flexibility index (Phi) is 4.77. The lowest BCUT2D eigenvalue weighted by atomic mass is 10.0. The van der Waals surface area contributed by atoms with Crippen molar-refractivity contribution in [3.05, 3.63) is 60.2 Å². The van der Waals surface area contributed by atoms with Crippen molar-refractivity contribution >= 4 is 16.8 Å². The molecule has 1 atom stereocenters. The van der Waals surface area contributed by atoms with Gasteiger partial charge in [0.25, 0.3) is 5.91 Å². The van der Waals surface area contributed by atoms with E-state index >= 15 is 0 Å². The van der Waals surface area contributed by atoms with Crippen molar-refractivity contribution in [3.63, 3.8) is 0 Å². The van der Waals surface area contributed by atoms with E-state index in [0.29, 0.717) is 25.5 Å². The average Bonchev–Trinajstić information content (AvgIpc) is 3.32. The molecule has 4 rings (SSSR count). The summed E-state index contributed by atoms with van der Waals surface area (Å²) in [7, 11) is 2.06. The first-order chi connectivity index (χ1) is 12.7. The SMILES string of the molecule is Cn1cc(C(CNC(=O)c2ccco2)N2CCOCC2)c2ccccc21. The number of morpholine rings is 1. The first-order valence-corrected chi connectivity index (χ1v) is 8.91. The molecule has 3 heterocycles. The molecule has 26 heavy (non-hydrogen) atoms. The number of aryl methyl sites for hydroxylation is 1. The number of aromatic nitrogens is 1. The highest BCUT2D eigenvalue weighted by Crippen LogP contribution is 2.30. The van der Waals surface area contributed by atoms with Gasteiger partial charge < -0.3 is 19.0 Å². The van der Waals surface area contributed by atoms with E-state index in [1.54, 1.807) is 12.1 Å². The van der Waals surface area contributed by atoms with Crippen LogP contribution in [0.3, 0.4) is 0 Å². The predicted octanol–water partition coefficient (Wildman–Crippen LogP) is 2.57. The molecule has 0 spiro atoms. The molecule has 1 amide bonds. The maximum Gasteiger partial charge on any atom is 0.287 e. The van der Waals surface area contributed by atoms with E-state index in [9.17, 15) is 4.79 Å². The van der Waals surface area contributed by atoms with Crippen molar-refractivity contribution < 1.29 is 13.9 Å². The van der Waals surface area contributed by atoms with Gasteiger partial charge in [0.15, 0.2) is 5.76 Å². The number of fused-ring (bicyclic) bond motifs is 1. The summed E-state index contributed by atoms with van der Waals surface area (Å²) in [6.07, 6.45) is 3.68. The number of nitrogens with zero attached hydrogens (tertiary/aromatic N) is 2. The molecule has 1 aliphatic rings. The highest BCUT2D eigenvalue weighted by Gasteiger charge is 2.26. The number of benzene rings is 1. The van der Waals surface area contributed by atoms with Crippen molar-refractivity contribution in [3.8, 4) is 0 Å². The molecule has 3 aromatic rings. The van der Waals surface area contributed by atoms with Crippen molar-refractivity contribution in [2.24, 2.45) is 7.05 Å². The van der Waals surface area contributed by atoms with Crippen LogP contribution in [0.5, 0.6) is 0 Å². The van der Waals surface area contributed by atoms with E-state index in [4.69, 9.17) is 9.15 Å². The second-order valence-corrected chi connectivity index (χ2v) is 6.56. The summed E-state index contributed by atoms with van der Waals surface area (Å²) in [4.78, 5) is 14.7. The zero-order valence-electron chi connectivity index (χ0n) is 14.9. The monoisotopic (exact) mass is 353 g/mol. The van der Waals surface area contributed by atoms with Gasteiger partial charge in [-0.05, 0) is 23.8 Å².